The summed E-state index contributed by atoms with van der Waals surface area (Å²) < 4.78 is 5.64. The molecule has 6 atom stereocenters. The van der Waals surface area contributed by atoms with E-state index in [1.807, 2.05) is 36.4 Å². The number of fused-ring (bicyclic) bond motifs is 12. The number of benzene rings is 4. The number of carbonyl (C=O) groups is 4. The van der Waals surface area contributed by atoms with Crippen LogP contribution in [0.2, 0.25) is 0 Å². The van der Waals surface area contributed by atoms with Crippen LogP contribution in [0, 0.1) is 11.8 Å². The quantitative estimate of drug-likeness (QED) is 0.288. The summed E-state index contributed by atoms with van der Waals surface area (Å²) in [6, 6.07) is 31.6. The molecule has 0 unspecified atom stereocenters. The van der Waals surface area contributed by atoms with Crippen molar-refractivity contribution < 1.29 is 29.0 Å². The fourth-order valence-electron chi connectivity index (χ4n) is 10.2. The van der Waals surface area contributed by atoms with Crippen molar-refractivity contribution in [3.63, 3.8) is 0 Å². The predicted molar refractivity (Wildman–Crippen MR) is 224 cm³/mol. The normalized spacial score (nSPS) is 25.8. The molecule has 4 heterocycles. The summed E-state index contributed by atoms with van der Waals surface area (Å²) in [6.45, 7) is 0.258. The third kappa shape index (κ3) is 6.60. The van der Waals surface area contributed by atoms with E-state index >= 15 is 0 Å². The molecule has 0 saturated carbocycles. The molecule has 1 N–H and O–H groups in total. The molecule has 4 aromatic carbocycles. The molecule has 4 aromatic rings. The molecular formula is C49H48N4O6+2. The van der Waals surface area contributed by atoms with Gasteiger partial charge in [-0.15, -0.1) is 0 Å². The lowest BCUT2D eigenvalue weighted by Gasteiger charge is -2.36. The number of amides is 4. The highest BCUT2D eigenvalue weighted by molar-refractivity contribution is 5.98. The summed E-state index contributed by atoms with van der Waals surface area (Å²) >= 11 is 0. The van der Waals surface area contributed by atoms with Gasteiger partial charge in [0, 0.05) is 33.3 Å². The fourth-order valence-corrected chi connectivity index (χ4v) is 10.2. The average Bonchev–Trinajstić information content (AvgIpc) is 4.10. The lowest BCUT2D eigenvalue weighted by Crippen LogP contribution is -2.60. The highest BCUT2D eigenvalue weighted by Crippen LogP contribution is 2.48. The van der Waals surface area contributed by atoms with E-state index < -0.39 is 18.2 Å². The highest BCUT2D eigenvalue weighted by Gasteiger charge is 2.65. The Kier molecular flexibility index (Phi) is 10.1. The van der Waals surface area contributed by atoms with Crippen molar-refractivity contribution in [2.45, 2.75) is 62.1 Å². The minimum Gasteiger partial charge on any atom is -0.373 e. The van der Waals surface area contributed by atoms with Crippen LogP contribution in [-0.2, 0) is 49.6 Å². The molecule has 12 rings (SSSR count). The van der Waals surface area contributed by atoms with Crippen molar-refractivity contribution in [3.8, 4) is 0 Å². The second-order valence-corrected chi connectivity index (χ2v) is 16.3. The Morgan fingerprint density at radius 3 is 1.51 bits per heavy atom. The molecule has 4 fully saturated rings. The minimum absolute atomic E-state index is 0.0111. The summed E-state index contributed by atoms with van der Waals surface area (Å²) in [4.78, 5) is 55.8. The van der Waals surface area contributed by atoms with Crippen molar-refractivity contribution >= 4 is 35.8 Å². The molecule has 59 heavy (non-hydrogen) atoms. The van der Waals surface area contributed by atoms with Gasteiger partial charge in [-0.2, -0.15) is 0 Å². The zero-order valence-electron chi connectivity index (χ0n) is 33.5. The molecule has 10 heteroatoms. The van der Waals surface area contributed by atoms with E-state index in [4.69, 9.17) is 4.74 Å². The minimum atomic E-state index is -0.886. The third-order valence-electron chi connectivity index (χ3n) is 12.9. The lowest BCUT2D eigenvalue weighted by molar-refractivity contribution is -0.157. The van der Waals surface area contributed by atoms with Crippen LogP contribution in [0.15, 0.2) is 109 Å². The highest BCUT2D eigenvalue weighted by atomic mass is 16.5. The average molecular weight is 789 g/mol. The van der Waals surface area contributed by atoms with Gasteiger partial charge < -0.3 is 29.4 Å². The number of aliphatic hydroxyl groups excluding tert-OH is 1. The SMILES string of the molecule is C1=Cc2ccccc2C1.C1=Cc2ccccc2C1.CN1CC(=O)N2[C@H](C1=O)[C@@H](O)[C+]1c3ccccc3C[C@@H]12.CO[C@H]1[C+]2c3ccccc3C[C@@H]2N2C(=O)CN(C)C(=O)[C@H]12. The van der Waals surface area contributed by atoms with E-state index in [-0.39, 0.29) is 54.9 Å². The van der Waals surface area contributed by atoms with Crippen LogP contribution in [0.5, 0.6) is 0 Å². The molecule has 0 bridgehead atoms. The van der Waals surface area contributed by atoms with E-state index in [1.54, 1.807) is 31.0 Å². The van der Waals surface area contributed by atoms with Gasteiger partial charge in [-0.1, -0.05) is 72.8 Å². The maximum absolute atomic E-state index is 12.5. The van der Waals surface area contributed by atoms with Crippen LogP contribution in [0.4, 0.5) is 0 Å². The Balaban J connectivity index is 0.000000109. The summed E-state index contributed by atoms with van der Waals surface area (Å²) in [5.41, 5.74) is 10.2. The number of allylic oxidation sites excluding steroid dienone is 2. The van der Waals surface area contributed by atoms with Gasteiger partial charge in [0.05, 0.1) is 48.9 Å². The van der Waals surface area contributed by atoms with E-state index in [1.165, 1.54) is 37.6 Å². The summed E-state index contributed by atoms with van der Waals surface area (Å²) in [5.74, 6) is 1.66. The van der Waals surface area contributed by atoms with Crippen LogP contribution in [0.1, 0.15) is 44.5 Å². The second-order valence-electron chi connectivity index (χ2n) is 16.3. The Hall–Kier alpha value is -6.10. The Morgan fingerprint density at radius 1 is 0.576 bits per heavy atom. The molecule has 0 aromatic heterocycles. The van der Waals surface area contributed by atoms with E-state index in [0.717, 1.165) is 47.8 Å². The number of likely N-dealkylation sites (N-methyl/N-ethyl adjacent to an activating group) is 2. The maximum Gasteiger partial charge on any atom is 0.250 e. The molecule has 8 aliphatic rings. The monoisotopic (exact) mass is 788 g/mol. The van der Waals surface area contributed by atoms with Crippen molar-refractivity contribution in [2.24, 2.45) is 0 Å². The Bertz CT molecular complexity index is 2320. The third-order valence-corrected chi connectivity index (χ3v) is 12.9. The predicted octanol–water partition coefficient (Wildman–Crippen LogP) is 4.32. The number of piperazine rings is 2. The largest absolute Gasteiger partial charge is 0.373 e. The smallest absolute Gasteiger partial charge is 0.250 e. The fraction of sp³-hybridized carbons (Fsp3) is 0.306. The number of hydrogen-bond donors (Lipinski definition) is 1. The molecule has 4 amide bonds. The first-order valence-corrected chi connectivity index (χ1v) is 20.4. The topological polar surface area (TPSA) is 111 Å². The number of rotatable bonds is 1. The number of methoxy groups -OCH3 is 1. The molecular weight excluding hydrogens is 741 g/mol. The molecule has 10 nitrogen and oxygen atoms in total. The van der Waals surface area contributed by atoms with Crippen LogP contribution < -0.4 is 0 Å². The molecule has 0 spiro atoms. The molecule has 298 valence electrons. The number of ether oxygens (including phenoxy) is 1. The van der Waals surface area contributed by atoms with Gasteiger partial charge >= 0.3 is 0 Å². The number of carbonyl (C=O) groups excluding carboxylic acids is 4. The Morgan fingerprint density at radius 2 is 1.00 bits per heavy atom. The first-order chi connectivity index (χ1) is 28.7. The number of aliphatic hydroxyl groups is 1. The molecule has 4 aliphatic carbocycles. The summed E-state index contributed by atoms with van der Waals surface area (Å²) in [7, 11) is 4.90. The van der Waals surface area contributed by atoms with Crippen LogP contribution >= 0.6 is 0 Å². The van der Waals surface area contributed by atoms with Crippen LogP contribution in [0.3, 0.4) is 0 Å². The van der Waals surface area contributed by atoms with Gasteiger partial charge in [0.15, 0.2) is 24.3 Å². The van der Waals surface area contributed by atoms with Gasteiger partial charge in [0.2, 0.25) is 23.6 Å². The molecule has 0 radical (unpaired) electrons. The summed E-state index contributed by atoms with van der Waals surface area (Å²) in [6.07, 6.45) is 11.2. The molecule has 4 saturated heterocycles. The van der Waals surface area contributed by atoms with E-state index in [0.29, 0.717) is 6.42 Å². The van der Waals surface area contributed by atoms with Crippen molar-refractivity contribution in [3.05, 3.63) is 166 Å². The maximum atomic E-state index is 12.5. The van der Waals surface area contributed by atoms with Crippen LogP contribution in [0.25, 0.3) is 12.2 Å². The zero-order valence-corrected chi connectivity index (χ0v) is 33.5. The second kappa shape index (κ2) is 15.6. The standard InChI is InChI=1S/C16H17N2O3.C15H15N2O3.2C9H8/c1-17-8-12(19)18-11-7-9-5-3-4-6-10(9)13(11)15(21-2)14(18)16(17)20;1-16-7-11(18)17-10-6-8-4-2-3-5-9(8)12(10)14(19)13(17)15(16)20;2*1-2-5-9-7-3-6-8(9)4-1/h3-6,11,14-15H,7-8H2,1-2H3;2-5,10,13-14,19H,6-7H2,1H3;2*1-6H,7H2/q2*+1;;/t11-,14-,15-;10-,13-,14-;;/m00../s1. The van der Waals surface area contributed by atoms with Gasteiger partial charge in [0.1, 0.15) is 23.2 Å². The van der Waals surface area contributed by atoms with Gasteiger partial charge in [0.25, 0.3) is 0 Å². The van der Waals surface area contributed by atoms with Crippen molar-refractivity contribution in [1.29, 1.82) is 0 Å². The van der Waals surface area contributed by atoms with Gasteiger partial charge in [-0.25, -0.2) is 0 Å². The van der Waals surface area contributed by atoms with Crippen molar-refractivity contribution in [2.75, 3.05) is 34.3 Å². The Labute approximate surface area is 345 Å². The van der Waals surface area contributed by atoms with Crippen LogP contribution in [-0.4, -0.2) is 119 Å². The lowest BCUT2D eigenvalue weighted by atomic mass is 9.93. The van der Waals surface area contributed by atoms with Gasteiger partial charge in [-0.3, -0.25) is 19.2 Å². The zero-order chi connectivity index (χ0) is 40.9. The van der Waals surface area contributed by atoms with Crippen molar-refractivity contribution in [1.82, 2.24) is 19.6 Å². The first kappa shape index (κ1) is 38.4. The van der Waals surface area contributed by atoms with Gasteiger partial charge in [-0.05, 0) is 71.5 Å². The number of hydrogen-bond acceptors (Lipinski definition) is 6. The molecule has 4 aliphatic heterocycles. The summed E-state index contributed by atoms with van der Waals surface area (Å²) in [5, 5.41) is 10.6. The first-order valence-electron chi connectivity index (χ1n) is 20.4. The number of nitrogens with zero attached hydrogens (tertiary/aromatic N) is 4. The van der Waals surface area contributed by atoms with E-state index in [9.17, 15) is 24.3 Å². The van der Waals surface area contributed by atoms with E-state index in [2.05, 4.69) is 85.0 Å².